The molecule has 5 heteroatoms. The van der Waals surface area contributed by atoms with Crippen molar-refractivity contribution in [2.24, 2.45) is 5.84 Å². The van der Waals surface area contributed by atoms with Gasteiger partial charge in [-0.2, -0.15) is 0 Å². The lowest BCUT2D eigenvalue weighted by Crippen LogP contribution is -2.29. The molecule has 0 aliphatic heterocycles. The zero-order valence-electron chi connectivity index (χ0n) is 11.1. The van der Waals surface area contributed by atoms with E-state index in [4.69, 9.17) is 10.6 Å². The van der Waals surface area contributed by atoms with E-state index in [0.29, 0.717) is 0 Å². The number of hydrogen-bond donors (Lipinski definition) is 2. The van der Waals surface area contributed by atoms with Crippen molar-refractivity contribution in [3.63, 3.8) is 0 Å². The summed E-state index contributed by atoms with van der Waals surface area (Å²) in [6.45, 7) is 4.00. The number of rotatable bonds is 5. The van der Waals surface area contributed by atoms with Crippen molar-refractivity contribution in [1.82, 2.24) is 15.4 Å². The Kier molecular flexibility index (Phi) is 4.43. The molecule has 2 rings (SSSR count). The van der Waals surface area contributed by atoms with Gasteiger partial charge in [0.1, 0.15) is 12.1 Å². The van der Waals surface area contributed by atoms with Crippen LogP contribution in [-0.2, 0) is 0 Å². The van der Waals surface area contributed by atoms with Crippen LogP contribution < -0.4 is 16.0 Å². The largest absolute Gasteiger partial charge is 0.491 e. The molecule has 0 spiro atoms. The van der Waals surface area contributed by atoms with Crippen molar-refractivity contribution in [3.8, 4) is 5.75 Å². The third-order valence-electron chi connectivity index (χ3n) is 2.65. The molecule has 2 aromatic rings. The topological polar surface area (TPSA) is 73.1 Å². The Labute approximate surface area is 112 Å². The number of nitrogens with zero attached hydrogens (tertiary/aromatic N) is 2. The van der Waals surface area contributed by atoms with Gasteiger partial charge in [0, 0.05) is 6.20 Å². The van der Waals surface area contributed by atoms with E-state index in [0.717, 1.165) is 17.0 Å². The highest BCUT2D eigenvalue weighted by Gasteiger charge is 2.13. The Morgan fingerprint density at radius 3 is 2.42 bits per heavy atom. The van der Waals surface area contributed by atoms with Gasteiger partial charge in [0.15, 0.2) is 0 Å². The third-order valence-corrected chi connectivity index (χ3v) is 2.65. The fraction of sp³-hybridized carbons (Fsp3) is 0.286. The smallest absolute Gasteiger partial charge is 0.119 e. The molecule has 5 nitrogen and oxygen atoms in total. The lowest BCUT2D eigenvalue weighted by atomic mass is 10.0. The van der Waals surface area contributed by atoms with Crippen LogP contribution in [0.2, 0.25) is 0 Å². The number of nitrogens with two attached hydrogens (primary N) is 1. The van der Waals surface area contributed by atoms with Crippen LogP contribution in [0.3, 0.4) is 0 Å². The van der Waals surface area contributed by atoms with E-state index in [9.17, 15) is 0 Å². The first-order chi connectivity index (χ1) is 9.20. The zero-order valence-corrected chi connectivity index (χ0v) is 11.1. The van der Waals surface area contributed by atoms with Gasteiger partial charge in [-0.3, -0.25) is 5.84 Å². The van der Waals surface area contributed by atoms with Gasteiger partial charge in [-0.05, 0) is 37.6 Å². The predicted molar refractivity (Wildman–Crippen MR) is 73.4 cm³/mol. The molecule has 0 fully saturated rings. The summed E-state index contributed by atoms with van der Waals surface area (Å²) in [5.41, 5.74) is 4.62. The number of benzene rings is 1. The monoisotopic (exact) mass is 258 g/mol. The summed E-state index contributed by atoms with van der Waals surface area (Å²) < 4.78 is 5.61. The van der Waals surface area contributed by atoms with Crippen molar-refractivity contribution >= 4 is 0 Å². The molecule has 0 aliphatic carbocycles. The standard InChI is InChI=1S/C14H18N4O/c1-10(2)19-12-5-3-11(4-6-12)14(18-15)13-7-8-16-9-17-13/h3-10,14,18H,15H2,1-2H3. The van der Waals surface area contributed by atoms with Crippen molar-refractivity contribution in [2.75, 3.05) is 0 Å². The Morgan fingerprint density at radius 2 is 1.89 bits per heavy atom. The Hall–Kier alpha value is -1.98. The maximum Gasteiger partial charge on any atom is 0.119 e. The van der Waals surface area contributed by atoms with Crippen LogP contribution in [0.5, 0.6) is 5.75 Å². The van der Waals surface area contributed by atoms with Gasteiger partial charge in [0.05, 0.1) is 17.8 Å². The van der Waals surface area contributed by atoms with Gasteiger partial charge < -0.3 is 4.74 Å². The van der Waals surface area contributed by atoms with Crippen LogP contribution >= 0.6 is 0 Å². The third kappa shape index (κ3) is 3.49. The first-order valence-electron chi connectivity index (χ1n) is 6.19. The highest BCUT2D eigenvalue weighted by atomic mass is 16.5. The Morgan fingerprint density at radius 1 is 1.16 bits per heavy atom. The molecule has 0 saturated heterocycles. The summed E-state index contributed by atoms with van der Waals surface area (Å²) in [5, 5.41) is 0. The van der Waals surface area contributed by atoms with E-state index >= 15 is 0 Å². The van der Waals surface area contributed by atoms with Gasteiger partial charge in [0.25, 0.3) is 0 Å². The molecule has 3 N–H and O–H groups in total. The summed E-state index contributed by atoms with van der Waals surface area (Å²) in [6.07, 6.45) is 3.37. The van der Waals surface area contributed by atoms with Crippen molar-refractivity contribution in [1.29, 1.82) is 0 Å². The van der Waals surface area contributed by atoms with E-state index in [1.165, 1.54) is 6.33 Å². The molecular formula is C14H18N4O. The molecule has 0 radical (unpaired) electrons. The minimum Gasteiger partial charge on any atom is -0.491 e. The normalized spacial score (nSPS) is 12.4. The fourth-order valence-corrected chi connectivity index (χ4v) is 1.84. The number of hydrogen-bond acceptors (Lipinski definition) is 5. The van der Waals surface area contributed by atoms with E-state index in [1.54, 1.807) is 6.20 Å². The molecule has 0 amide bonds. The van der Waals surface area contributed by atoms with Gasteiger partial charge >= 0.3 is 0 Å². The highest BCUT2D eigenvalue weighted by Crippen LogP contribution is 2.22. The van der Waals surface area contributed by atoms with Crippen LogP contribution in [0.15, 0.2) is 42.9 Å². The summed E-state index contributed by atoms with van der Waals surface area (Å²) in [4.78, 5) is 8.12. The van der Waals surface area contributed by atoms with Gasteiger partial charge in [-0.1, -0.05) is 12.1 Å². The molecule has 1 unspecified atom stereocenters. The second-order valence-electron chi connectivity index (χ2n) is 4.47. The molecule has 100 valence electrons. The number of nitrogens with one attached hydrogen (secondary N) is 1. The van der Waals surface area contributed by atoms with Crippen LogP contribution in [-0.4, -0.2) is 16.1 Å². The summed E-state index contributed by atoms with van der Waals surface area (Å²) >= 11 is 0. The average Bonchev–Trinajstić information content (AvgIpc) is 2.42. The summed E-state index contributed by atoms with van der Waals surface area (Å²) in [7, 11) is 0. The molecule has 1 heterocycles. The van der Waals surface area contributed by atoms with Crippen LogP contribution in [0.4, 0.5) is 0 Å². The minimum atomic E-state index is -0.156. The lowest BCUT2D eigenvalue weighted by Gasteiger charge is -2.16. The number of hydrazine groups is 1. The molecule has 0 saturated carbocycles. The van der Waals surface area contributed by atoms with E-state index in [2.05, 4.69) is 15.4 Å². The SMILES string of the molecule is CC(C)Oc1ccc(C(NN)c2ccncn2)cc1. The Balaban J connectivity index is 2.20. The lowest BCUT2D eigenvalue weighted by molar-refractivity contribution is 0.242. The minimum absolute atomic E-state index is 0.156. The summed E-state index contributed by atoms with van der Waals surface area (Å²) in [5.74, 6) is 6.46. The second kappa shape index (κ2) is 6.26. The van der Waals surface area contributed by atoms with Crippen LogP contribution in [0.1, 0.15) is 31.1 Å². The zero-order chi connectivity index (χ0) is 13.7. The van der Waals surface area contributed by atoms with Gasteiger partial charge in [-0.25, -0.2) is 15.4 Å². The van der Waals surface area contributed by atoms with Crippen LogP contribution in [0.25, 0.3) is 0 Å². The number of ether oxygens (including phenoxy) is 1. The molecule has 1 aromatic heterocycles. The summed E-state index contributed by atoms with van der Waals surface area (Å²) in [6, 6.07) is 9.50. The van der Waals surface area contributed by atoms with Gasteiger partial charge in [0.2, 0.25) is 0 Å². The Bertz CT molecular complexity index is 499. The molecule has 0 aliphatic rings. The first-order valence-corrected chi connectivity index (χ1v) is 6.19. The molecule has 1 atom stereocenters. The second-order valence-corrected chi connectivity index (χ2v) is 4.47. The van der Waals surface area contributed by atoms with E-state index in [1.807, 2.05) is 44.2 Å². The number of aromatic nitrogens is 2. The van der Waals surface area contributed by atoms with Crippen molar-refractivity contribution in [3.05, 3.63) is 54.1 Å². The molecule has 19 heavy (non-hydrogen) atoms. The molecular weight excluding hydrogens is 240 g/mol. The van der Waals surface area contributed by atoms with E-state index < -0.39 is 0 Å². The maximum absolute atomic E-state index is 5.61. The van der Waals surface area contributed by atoms with Gasteiger partial charge in [-0.15, -0.1) is 0 Å². The maximum atomic E-state index is 5.61. The quantitative estimate of drug-likeness (QED) is 0.632. The first kappa shape index (κ1) is 13.5. The molecule has 1 aromatic carbocycles. The highest BCUT2D eigenvalue weighted by molar-refractivity contribution is 5.32. The van der Waals surface area contributed by atoms with Crippen molar-refractivity contribution in [2.45, 2.75) is 26.0 Å². The van der Waals surface area contributed by atoms with Crippen LogP contribution in [0, 0.1) is 0 Å². The predicted octanol–water partition coefficient (Wildman–Crippen LogP) is 1.82. The average molecular weight is 258 g/mol. The molecule has 0 bridgehead atoms. The van der Waals surface area contributed by atoms with Crippen molar-refractivity contribution < 1.29 is 4.74 Å². The van der Waals surface area contributed by atoms with E-state index in [-0.39, 0.29) is 12.1 Å². The fourth-order valence-electron chi connectivity index (χ4n) is 1.84.